The summed E-state index contributed by atoms with van der Waals surface area (Å²) in [5.74, 6) is 0.550. The van der Waals surface area contributed by atoms with Crippen LogP contribution in [0.2, 0.25) is 5.02 Å². The maximum atomic E-state index is 13.2. The molecule has 4 aromatic rings. The van der Waals surface area contributed by atoms with Crippen molar-refractivity contribution in [3.8, 4) is 5.69 Å². The number of para-hydroxylation sites is 1. The Hall–Kier alpha value is -2.97. The van der Waals surface area contributed by atoms with Gasteiger partial charge in [0.25, 0.3) is 0 Å². The first-order valence-electron chi connectivity index (χ1n) is 10.3. The van der Waals surface area contributed by atoms with Crippen molar-refractivity contribution in [1.29, 1.82) is 0 Å². The van der Waals surface area contributed by atoms with Crippen molar-refractivity contribution in [1.82, 2.24) is 24.7 Å². The van der Waals surface area contributed by atoms with Crippen molar-refractivity contribution in [3.05, 3.63) is 65.7 Å². The minimum atomic E-state index is -0.357. The molecule has 0 spiro atoms. The van der Waals surface area contributed by atoms with E-state index in [1.807, 2.05) is 43.3 Å². The number of aromatic nitrogens is 5. The van der Waals surface area contributed by atoms with Crippen molar-refractivity contribution >= 4 is 46.1 Å². The molecule has 1 amide bonds. The molecular formula is C23H23ClN6OS. The number of carbonyl (C=O) groups is 1. The number of fused-ring (bicyclic) bond motifs is 1. The molecule has 4 rings (SSSR count). The molecule has 9 heteroatoms. The van der Waals surface area contributed by atoms with Crippen LogP contribution in [0.4, 0.5) is 5.82 Å². The van der Waals surface area contributed by atoms with Gasteiger partial charge in [-0.15, -0.1) is 0 Å². The fourth-order valence-electron chi connectivity index (χ4n) is 3.22. The third kappa shape index (κ3) is 4.61. The van der Waals surface area contributed by atoms with Crippen molar-refractivity contribution in [2.24, 2.45) is 5.92 Å². The largest absolute Gasteiger partial charge is 0.310 e. The van der Waals surface area contributed by atoms with Crippen molar-refractivity contribution < 1.29 is 4.79 Å². The number of aryl methyl sites for hydroxylation is 1. The lowest BCUT2D eigenvalue weighted by atomic mass is 10.0. The van der Waals surface area contributed by atoms with E-state index in [1.165, 1.54) is 18.1 Å². The Bertz CT molecular complexity index is 1240. The highest BCUT2D eigenvalue weighted by molar-refractivity contribution is 8.00. The smallest absolute Gasteiger partial charge is 0.239 e. The van der Waals surface area contributed by atoms with E-state index in [2.05, 4.69) is 39.2 Å². The molecule has 32 heavy (non-hydrogen) atoms. The normalized spacial score (nSPS) is 13.1. The van der Waals surface area contributed by atoms with E-state index >= 15 is 0 Å². The van der Waals surface area contributed by atoms with Gasteiger partial charge in [-0.25, -0.2) is 19.6 Å². The van der Waals surface area contributed by atoms with E-state index < -0.39 is 0 Å². The quantitative estimate of drug-likeness (QED) is 0.293. The van der Waals surface area contributed by atoms with E-state index in [-0.39, 0.29) is 17.1 Å². The number of pyridine rings is 1. The van der Waals surface area contributed by atoms with Crippen LogP contribution < -0.4 is 5.32 Å². The topological polar surface area (TPSA) is 85.6 Å². The molecule has 0 radical (unpaired) electrons. The lowest BCUT2D eigenvalue weighted by Gasteiger charge is -2.21. The third-order valence-electron chi connectivity index (χ3n) is 5.23. The summed E-state index contributed by atoms with van der Waals surface area (Å²) >= 11 is 7.78. The van der Waals surface area contributed by atoms with Crippen LogP contribution >= 0.6 is 23.4 Å². The minimum Gasteiger partial charge on any atom is -0.310 e. The molecule has 0 saturated carbocycles. The van der Waals surface area contributed by atoms with Gasteiger partial charge in [0, 0.05) is 6.20 Å². The average molecular weight is 467 g/mol. The number of carbonyl (C=O) groups excluding carboxylic acids is 1. The number of hydrogen-bond acceptors (Lipinski definition) is 6. The molecule has 0 fully saturated rings. The molecule has 7 nitrogen and oxygen atoms in total. The van der Waals surface area contributed by atoms with Gasteiger partial charge in [0.2, 0.25) is 5.91 Å². The third-order valence-corrected chi connectivity index (χ3v) is 7.03. The molecule has 0 saturated heterocycles. The highest BCUT2D eigenvalue weighted by atomic mass is 35.5. The SMILES string of the molecule is CCC(C)C(Sc1ncnc2c1cnn2-c1ccccc1Cl)C(=O)Nc1ccc(C)cn1. The second kappa shape index (κ2) is 9.67. The Morgan fingerprint density at radius 3 is 2.69 bits per heavy atom. The average Bonchev–Trinajstić information content (AvgIpc) is 3.23. The molecule has 3 heterocycles. The summed E-state index contributed by atoms with van der Waals surface area (Å²) in [6, 6.07) is 11.2. The lowest BCUT2D eigenvalue weighted by Crippen LogP contribution is -2.31. The van der Waals surface area contributed by atoms with Crippen molar-refractivity contribution in [3.63, 3.8) is 0 Å². The van der Waals surface area contributed by atoms with Gasteiger partial charge in [0.05, 0.1) is 27.5 Å². The van der Waals surface area contributed by atoms with Gasteiger partial charge < -0.3 is 5.32 Å². The number of rotatable bonds is 7. The van der Waals surface area contributed by atoms with Crippen LogP contribution in [0.15, 0.2) is 60.1 Å². The number of nitrogens with one attached hydrogen (secondary N) is 1. The molecule has 1 aromatic carbocycles. The zero-order valence-corrected chi connectivity index (χ0v) is 19.6. The summed E-state index contributed by atoms with van der Waals surface area (Å²) in [4.78, 5) is 26.3. The van der Waals surface area contributed by atoms with Gasteiger partial charge in [-0.05, 0) is 36.6 Å². The second-order valence-electron chi connectivity index (χ2n) is 7.56. The number of anilines is 1. The van der Waals surface area contributed by atoms with Gasteiger partial charge in [-0.1, -0.05) is 61.8 Å². The van der Waals surface area contributed by atoms with E-state index in [4.69, 9.17) is 11.6 Å². The summed E-state index contributed by atoms with van der Waals surface area (Å²) in [7, 11) is 0. The Morgan fingerprint density at radius 1 is 1.16 bits per heavy atom. The molecule has 0 bridgehead atoms. The maximum absolute atomic E-state index is 13.2. The number of halogens is 1. The molecule has 2 unspecified atom stereocenters. The Kier molecular flexibility index (Phi) is 6.72. The van der Waals surface area contributed by atoms with E-state index in [0.29, 0.717) is 21.5 Å². The van der Waals surface area contributed by atoms with E-state index in [0.717, 1.165) is 23.1 Å². The predicted molar refractivity (Wildman–Crippen MR) is 128 cm³/mol. The highest BCUT2D eigenvalue weighted by Crippen LogP contribution is 2.34. The molecule has 2 atom stereocenters. The number of hydrogen-bond donors (Lipinski definition) is 1. The summed E-state index contributed by atoms with van der Waals surface area (Å²) in [6.07, 6.45) is 5.79. The molecular weight excluding hydrogens is 444 g/mol. The molecule has 0 aliphatic carbocycles. The van der Waals surface area contributed by atoms with Gasteiger partial charge in [-0.3, -0.25) is 4.79 Å². The van der Waals surface area contributed by atoms with E-state index in [1.54, 1.807) is 17.1 Å². The van der Waals surface area contributed by atoms with Crippen LogP contribution in [0.5, 0.6) is 0 Å². The fourth-order valence-corrected chi connectivity index (χ4v) is 4.64. The molecule has 3 aromatic heterocycles. The summed E-state index contributed by atoms with van der Waals surface area (Å²) < 4.78 is 1.69. The first-order chi connectivity index (χ1) is 15.5. The van der Waals surface area contributed by atoms with Gasteiger partial charge in [-0.2, -0.15) is 5.10 Å². The van der Waals surface area contributed by atoms with Crippen LogP contribution in [0.3, 0.4) is 0 Å². The number of amides is 1. The Balaban J connectivity index is 1.65. The summed E-state index contributed by atoms with van der Waals surface area (Å²) in [5, 5.41) is 9.11. The molecule has 0 aliphatic heterocycles. The number of thioether (sulfide) groups is 1. The van der Waals surface area contributed by atoms with Crippen LogP contribution in [0, 0.1) is 12.8 Å². The van der Waals surface area contributed by atoms with Gasteiger partial charge in [0.1, 0.15) is 17.2 Å². The lowest BCUT2D eigenvalue weighted by molar-refractivity contribution is -0.116. The van der Waals surface area contributed by atoms with Gasteiger partial charge in [0.15, 0.2) is 5.65 Å². The zero-order chi connectivity index (χ0) is 22.7. The van der Waals surface area contributed by atoms with Crippen molar-refractivity contribution in [2.45, 2.75) is 37.5 Å². The monoisotopic (exact) mass is 466 g/mol. The van der Waals surface area contributed by atoms with Crippen LogP contribution in [-0.2, 0) is 4.79 Å². The summed E-state index contributed by atoms with van der Waals surface area (Å²) in [5.41, 5.74) is 2.41. The number of benzene rings is 1. The first-order valence-corrected chi connectivity index (χ1v) is 11.6. The minimum absolute atomic E-state index is 0.106. The van der Waals surface area contributed by atoms with Crippen LogP contribution in [0.1, 0.15) is 25.8 Å². The standard InChI is InChI=1S/C23H23ClN6OS/c1-4-15(3)20(22(31)29-19-10-9-14(2)11-25-19)32-23-16-12-28-30(21(16)26-13-27-23)18-8-6-5-7-17(18)24/h5-13,15,20H,4H2,1-3H3,(H,25,29,31). The first kappa shape index (κ1) is 22.2. The molecule has 164 valence electrons. The Labute approximate surface area is 195 Å². The van der Waals surface area contributed by atoms with E-state index in [9.17, 15) is 4.79 Å². The van der Waals surface area contributed by atoms with Gasteiger partial charge >= 0.3 is 0 Å². The highest BCUT2D eigenvalue weighted by Gasteiger charge is 2.28. The molecule has 0 aliphatic rings. The van der Waals surface area contributed by atoms with Crippen LogP contribution in [-0.4, -0.2) is 35.9 Å². The zero-order valence-electron chi connectivity index (χ0n) is 18.0. The number of nitrogens with zero attached hydrogens (tertiary/aromatic N) is 5. The summed E-state index contributed by atoms with van der Waals surface area (Å²) in [6.45, 7) is 6.09. The second-order valence-corrected chi connectivity index (χ2v) is 9.10. The predicted octanol–water partition coefficient (Wildman–Crippen LogP) is 5.32. The van der Waals surface area contributed by atoms with Crippen LogP contribution in [0.25, 0.3) is 16.7 Å². The Morgan fingerprint density at radius 2 is 1.97 bits per heavy atom. The van der Waals surface area contributed by atoms with Crippen molar-refractivity contribution in [2.75, 3.05) is 5.32 Å². The maximum Gasteiger partial charge on any atom is 0.239 e. The molecule has 1 N–H and O–H groups in total. The fraction of sp³-hybridized carbons (Fsp3) is 0.261.